The van der Waals surface area contributed by atoms with E-state index < -0.39 is 29.7 Å². The molecule has 0 aliphatic carbocycles. The highest BCUT2D eigenvalue weighted by Crippen LogP contribution is 2.34. The summed E-state index contributed by atoms with van der Waals surface area (Å²) in [7, 11) is 1.57. The molecule has 0 bridgehead atoms. The predicted molar refractivity (Wildman–Crippen MR) is 216 cm³/mol. The summed E-state index contributed by atoms with van der Waals surface area (Å²) in [5.41, 5.74) is 2.77. The van der Waals surface area contributed by atoms with Gasteiger partial charge in [-0.2, -0.15) is 5.10 Å². The fraction of sp³-hybridized carbons (Fsp3) is 0.452. The molecule has 4 aromatic rings. The van der Waals surface area contributed by atoms with E-state index in [2.05, 4.69) is 20.4 Å². The Morgan fingerprint density at radius 3 is 2.37 bits per heavy atom. The molecule has 1 unspecified atom stereocenters. The number of rotatable bonds is 22. The number of nitrogens with zero attached hydrogens (tertiary/aromatic N) is 5. The Kier molecular flexibility index (Phi) is 14.8. The van der Waals surface area contributed by atoms with Gasteiger partial charge >= 0.3 is 0 Å². The number of hydrogen-bond acceptors (Lipinski definition) is 12. The summed E-state index contributed by atoms with van der Waals surface area (Å²) in [5.74, 6) is -1.60. The number of fused-ring (bicyclic) bond motifs is 2. The molecule has 17 heteroatoms. The van der Waals surface area contributed by atoms with Crippen LogP contribution in [0.3, 0.4) is 0 Å². The Bertz CT molecular complexity index is 2240. The van der Waals surface area contributed by atoms with Crippen LogP contribution in [0.25, 0.3) is 5.65 Å². The van der Waals surface area contributed by atoms with Crippen molar-refractivity contribution in [3.8, 4) is 11.6 Å². The topological polar surface area (TPSA) is 188 Å². The highest BCUT2D eigenvalue weighted by atomic mass is 35.5. The monoisotopic (exact) mass is 848 g/mol. The van der Waals surface area contributed by atoms with Crippen molar-refractivity contribution < 1.29 is 43.0 Å². The number of carbonyl (C=O) groups is 6. The third-order valence-electron chi connectivity index (χ3n) is 10.4. The van der Waals surface area contributed by atoms with E-state index in [-0.39, 0.29) is 66.2 Å². The number of imide groups is 2. The second-order valence-corrected chi connectivity index (χ2v) is 15.5. The van der Waals surface area contributed by atoms with Gasteiger partial charge in [0.05, 0.1) is 41.2 Å². The Hall–Kier alpha value is -5.25. The first-order chi connectivity index (χ1) is 28.4. The number of ketones is 2. The summed E-state index contributed by atoms with van der Waals surface area (Å²) in [4.78, 5) is 85.7. The van der Waals surface area contributed by atoms with Crippen LogP contribution in [0.1, 0.15) is 121 Å². The van der Waals surface area contributed by atoms with Gasteiger partial charge in [0.1, 0.15) is 23.4 Å². The van der Waals surface area contributed by atoms with Crippen LogP contribution < -0.4 is 14.8 Å². The van der Waals surface area contributed by atoms with E-state index in [0.717, 1.165) is 43.4 Å². The lowest BCUT2D eigenvalue weighted by Gasteiger charge is -2.27. The molecule has 312 valence electrons. The van der Waals surface area contributed by atoms with Crippen molar-refractivity contribution >= 4 is 64.0 Å². The number of hydrogen-bond donors (Lipinski definition) is 1. The van der Waals surface area contributed by atoms with E-state index in [1.165, 1.54) is 12.3 Å². The van der Waals surface area contributed by atoms with E-state index in [1.54, 1.807) is 42.1 Å². The third-order valence-corrected chi connectivity index (χ3v) is 10.7. The molecule has 1 N–H and O–H groups in total. The minimum atomic E-state index is -1.03. The maximum Gasteiger partial charge on any atom is 0.266 e. The van der Waals surface area contributed by atoms with Crippen molar-refractivity contribution in [1.82, 2.24) is 29.8 Å². The number of pyridine rings is 1. The van der Waals surface area contributed by atoms with E-state index in [4.69, 9.17) is 37.4 Å². The summed E-state index contributed by atoms with van der Waals surface area (Å²) in [6, 6.07) is 7.08. The number of aromatic nitrogens is 4. The van der Waals surface area contributed by atoms with Crippen LogP contribution in [-0.4, -0.2) is 86.0 Å². The number of nitrogens with one attached hydrogen (secondary N) is 1. The number of benzene rings is 1. The molecule has 1 saturated heterocycles. The number of ether oxygens (including phenoxy) is 3. The average Bonchev–Trinajstić information content (AvgIpc) is 3.71. The second kappa shape index (κ2) is 20.1. The van der Waals surface area contributed by atoms with E-state index in [9.17, 15) is 28.8 Å². The molecule has 4 amide bonds. The third kappa shape index (κ3) is 10.7. The van der Waals surface area contributed by atoms with Crippen LogP contribution >= 0.6 is 23.2 Å². The number of halogens is 2. The summed E-state index contributed by atoms with van der Waals surface area (Å²) in [6.45, 7) is 2.47. The first-order valence-corrected chi connectivity index (χ1v) is 20.5. The molecule has 2 atom stereocenters. The lowest BCUT2D eigenvalue weighted by Crippen LogP contribution is -2.54. The van der Waals surface area contributed by atoms with Crippen LogP contribution in [0.4, 0.5) is 0 Å². The van der Waals surface area contributed by atoms with Gasteiger partial charge in [0, 0.05) is 68.8 Å². The van der Waals surface area contributed by atoms with Crippen LogP contribution in [0.2, 0.25) is 10.2 Å². The van der Waals surface area contributed by atoms with Crippen molar-refractivity contribution in [2.45, 2.75) is 103 Å². The normalized spacial score (nSPS) is 15.7. The lowest BCUT2D eigenvalue weighted by atomic mass is 10.0. The molecule has 0 saturated carbocycles. The molecule has 59 heavy (non-hydrogen) atoms. The molecule has 0 spiro atoms. The largest absolute Gasteiger partial charge is 0.493 e. The minimum absolute atomic E-state index is 0.0264. The number of amides is 4. The zero-order valence-corrected chi connectivity index (χ0v) is 34.5. The standard InChI is InChI=1S/C42H46Cl2N6O9/c1-25(57-2)38-27(23-45-35-22-34(44)48-50(35)38)21-30(52)20-26-19-28(43)24-46-40(26)59-18-10-12-29(51)11-7-5-3-4-6-8-17-58-33-14-9-13-31-37(33)42(56)49(41(31)55)32-15-16-36(53)47-39(32)54/h9,13-14,19,22-25,32H,3-8,10-12,15-18,20-21H2,1-2H3,(H,47,53,54)/t25-,32?/m0/s1. The van der Waals surface area contributed by atoms with Crippen molar-refractivity contribution in [1.29, 1.82) is 0 Å². The number of carbonyl (C=O) groups excluding carboxylic acids is 6. The van der Waals surface area contributed by atoms with Gasteiger partial charge in [0.15, 0.2) is 10.8 Å². The van der Waals surface area contributed by atoms with E-state index >= 15 is 0 Å². The quantitative estimate of drug-likeness (QED) is 0.0675. The molecule has 6 rings (SSSR count). The molecule has 3 aromatic heterocycles. The van der Waals surface area contributed by atoms with Crippen LogP contribution in [0.15, 0.2) is 42.7 Å². The number of piperidine rings is 1. The van der Waals surface area contributed by atoms with Crippen LogP contribution in [0.5, 0.6) is 11.6 Å². The first kappa shape index (κ1) is 43.3. The predicted octanol–water partition coefficient (Wildman–Crippen LogP) is 6.43. The van der Waals surface area contributed by atoms with Gasteiger partial charge in [-0.3, -0.25) is 39.0 Å². The van der Waals surface area contributed by atoms with Crippen molar-refractivity contribution in [2.24, 2.45) is 0 Å². The van der Waals surface area contributed by atoms with Gasteiger partial charge < -0.3 is 14.2 Å². The molecule has 2 aliphatic rings. The van der Waals surface area contributed by atoms with Crippen LogP contribution in [0, 0.1) is 0 Å². The Labute approximate surface area is 351 Å². The molecule has 15 nitrogen and oxygen atoms in total. The SMILES string of the molecule is CO[C@@H](C)c1c(CC(=O)Cc2cc(Cl)cnc2OCCCC(=O)CCCCCCCCOc2cccc3c2C(=O)N(C2CCC(=O)NC2=O)C3=O)cnc2cc(Cl)nn12. The molecular weight excluding hydrogens is 803 g/mol. The van der Waals surface area contributed by atoms with Crippen molar-refractivity contribution in [3.63, 3.8) is 0 Å². The lowest BCUT2D eigenvalue weighted by molar-refractivity contribution is -0.136. The van der Waals surface area contributed by atoms with Crippen molar-refractivity contribution in [2.75, 3.05) is 20.3 Å². The second-order valence-electron chi connectivity index (χ2n) is 14.6. The van der Waals surface area contributed by atoms with Gasteiger partial charge in [-0.05, 0) is 50.8 Å². The maximum atomic E-state index is 13.3. The molecular formula is C42H46Cl2N6O9. The number of methoxy groups -OCH3 is 1. The fourth-order valence-corrected chi connectivity index (χ4v) is 7.69. The summed E-state index contributed by atoms with van der Waals surface area (Å²) in [5, 5.41) is 7.17. The van der Waals surface area contributed by atoms with Gasteiger partial charge in [0.25, 0.3) is 11.8 Å². The highest BCUT2D eigenvalue weighted by molar-refractivity contribution is 6.30. The molecule has 5 heterocycles. The minimum Gasteiger partial charge on any atom is -0.493 e. The zero-order valence-electron chi connectivity index (χ0n) is 33.0. The summed E-state index contributed by atoms with van der Waals surface area (Å²) in [6.07, 6.45) is 9.58. The number of Topliss-reactive ketones (excluding diaryl/α,β-unsaturated/α-hetero) is 2. The van der Waals surface area contributed by atoms with E-state index in [0.29, 0.717) is 65.0 Å². The summed E-state index contributed by atoms with van der Waals surface area (Å²) < 4.78 is 19.0. The first-order valence-electron chi connectivity index (χ1n) is 19.8. The van der Waals surface area contributed by atoms with Gasteiger partial charge in [-0.15, -0.1) is 0 Å². The zero-order chi connectivity index (χ0) is 42.1. The molecule has 1 fully saturated rings. The van der Waals surface area contributed by atoms with Gasteiger partial charge in [0.2, 0.25) is 17.7 Å². The Morgan fingerprint density at radius 2 is 1.59 bits per heavy atom. The Morgan fingerprint density at radius 1 is 0.864 bits per heavy atom. The number of unbranched alkanes of at least 4 members (excludes halogenated alkanes) is 5. The van der Waals surface area contributed by atoms with E-state index in [1.807, 2.05) is 6.92 Å². The molecule has 1 aromatic carbocycles. The fourth-order valence-electron chi connectivity index (χ4n) is 7.33. The van der Waals surface area contributed by atoms with Gasteiger partial charge in [-0.1, -0.05) is 55.0 Å². The molecule has 2 aliphatic heterocycles. The van der Waals surface area contributed by atoms with Crippen molar-refractivity contribution in [3.05, 3.63) is 80.8 Å². The van der Waals surface area contributed by atoms with Crippen LogP contribution in [-0.2, 0) is 36.8 Å². The average molecular weight is 850 g/mol. The molecule has 0 radical (unpaired) electrons. The maximum absolute atomic E-state index is 13.3. The Balaban J connectivity index is 0.858. The summed E-state index contributed by atoms with van der Waals surface area (Å²) >= 11 is 12.3. The highest BCUT2D eigenvalue weighted by Gasteiger charge is 2.46. The van der Waals surface area contributed by atoms with Gasteiger partial charge in [-0.25, -0.2) is 14.5 Å². The smallest absolute Gasteiger partial charge is 0.266 e.